The summed E-state index contributed by atoms with van der Waals surface area (Å²) in [6.07, 6.45) is 3.43. The fraction of sp³-hybridized carbons (Fsp3) is 0.875. The largest absolute Gasteiger partial charge is 0.466 e. The highest BCUT2D eigenvalue weighted by Gasteiger charge is 2.37. The highest BCUT2D eigenvalue weighted by atomic mass is 35.5. The van der Waals surface area contributed by atoms with Crippen molar-refractivity contribution < 1.29 is 9.53 Å². The normalized spacial score (nSPS) is 17.8. The zero-order chi connectivity index (χ0) is 8.32. The molecule has 0 saturated heterocycles. The van der Waals surface area contributed by atoms with Crippen LogP contribution >= 0.6 is 12.4 Å². The second kappa shape index (κ2) is 4.67. The SMILES string of the molecule is CCC(=O)OCCC1(N)CC1.Cl. The third-order valence-corrected chi connectivity index (χ3v) is 2.04. The van der Waals surface area contributed by atoms with Crippen molar-refractivity contribution in [3.05, 3.63) is 0 Å². The summed E-state index contributed by atoms with van der Waals surface area (Å²) in [4.78, 5) is 10.7. The number of hydrogen-bond acceptors (Lipinski definition) is 3. The summed E-state index contributed by atoms with van der Waals surface area (Å²) in [5, 5.41) is 0. The Morgan fingerprint density at radius 1 is 1.58 bits per heavy atom. The minimum absolute atomic E-state index is 0. The zero-order valence-electron chi connectivity index (χ0n) is 7.34. The number of hydrogen-bond donors (Lipinski definition) is 1. The van der Waals surface area contributed by atoms with Gasteiger partial charge in [-0.05, 0) is 19.3 Å². The van der Waals surface area contributed by atoms with E-state index in [1.54, 1.807) is 6.92 Å². The van der Waals surface area contributed by atoms with Crippen molar-refractivity contribution in [2.24, 2.45) is 5.73 Å². The lowest BCUT2D eigenvalue weighted by atomic mass is 10.2. The van der Waals surface area contributed by atoms with E-state index >= 15 is 0 Å². The van der Waals surface area contributed by atoms with Gasteiger partial charge in [0.05, 0.1) is 6.61 Å². The van der Waals surface area contributed by atoms with E-state index < -0.39 is 0 Å². The molecule has 1 aliphatic carbocycles. The fourth-order valence-electron chi connectivity index (χ4n) is 0.881. The molecular weight excluding hydrogens is 178 g/mol. The molecule has 72 valence electrons. The van der Waals surface area contributed by atoms with Crippen molar-refractivity contribution in [2.75, 3.05) is 6.61 Å². The Morgan fingerprint density at radius 3 is 2.58 bits per heavy atom. The highest BCUT2D eigenvalue weighted by Crippen LogP contribution is 2.35. The molecule has 0 aliphatic heterocycles. The molecule has 0 spiro atoms. The molecule has 1 rings (SSSR count). The van der Waals surface area contributed by atoms with Crippen LogP contribution in [0.15, 0.2) is 0 Å². The number of rotatable bonds is 4. The predicted octanol–water partition coefficient (Wildman–Crippen LogP) is 1.24. The van der Waals surface area contributed by atoms with Crippen LogP contribution in [-0.4, -0.2) is 18.1 Å². The van der Waals surface area contributed by atoms with Crippen LogP contribution in [-0.2, 0) is 9.53 Å². The first kappa shape index (κ1) is 11.7. The monoisotopic (exact) mass is 193 g/mol. The lowest BCUT2D eigenvalue weighted by Crippen LogP contribution is -2.24. The number of halogens is 1. The minimum Gasteiger partial charge on any atom is -0.466 e. The molecule has 0 radical (unpaired) electrons. The van der Waals surface area contributed by atoms with Crippen molar-refractivity contribution in [2.45, 2.75) is 38.1 Å². The third kappa shape index (κ3) is 3.93. The smallest absolute Gasteiger partial charge is 0.305 e. The number of esters is 1. The van der Waals surface area contributed by atoms with E-state index in [1.165, 1.54) is 0 Å². The van der Waals surface area contributed by atoms with Crippen LogP contribution in [0.3, 0.4) is 0 Å². The molecule has 0 aromatic rings. The molecule has 0 aromatic carbocycles. The quantitative estimate of drug-likeness (QED) is 0.684. The summed E-state index contributed by atoms with van der Waals surface area (Å²) in [6.45, 7) is 2.28. The first-order valence-electron chi connectivity index (χ1n) is 4.11. The lowest BCUT2D eigenvalue weighted by Gasteiger charge is -2.07. The molecule has 0 heterocycles. The third-order valence-electron chi connectivity index (χ3n) is 2.04. The fourth-order valence-corrected chi connectivity index (χ4v) is 0.881. The van der Waals surface area contributed by atoms with Gasteiger partial charge in [-0.2, -0.15) is 0 Å². The van der Waals surface area contributed by atoms with Gasteiger partial charge in [0, 0.05) is 12.0 Å². The lowest BCUT2D eigenvalue weighted by molar-refractivity contribution is -0.143. The highest BCUT2D eigenvalue weighted by molar-refractivity contribution is 5.85. The summed E-state index contributed by atoms with van der Waals surface area (Å²) >= 11 is 0. The molecule has 1 fully saturated rings. The van der Waals surface area contributed by atoms with Crippen LogP contribution in [0.4, 0.5) is 0 Å². The van der Waals surface area contributed by atoms with E-state index in [1.807, 2.05) is 0 Å². The van der Waals surface area contributed by atoms with Gasteiger partial charge >= 0.3 is 5.97 Å². The average molecular weight is 194 g/mol. The predicted molar refractivity (Wildman–Crippen MR) is 49.3 cm³/mol. The van der Waals surface area contributed by atoms with Gasteiger partial charge in [0.15, 0.2) is 0 Å². The number of nitrogens with two attached hydrogens (primary N) is 1. The van der Waals surface area contributed by atoms with Gasteiger partial charge in [-0.3, -0.25) is 4.79 Å². The summed E-state index contributed by atoms with van der Waals surface area (Å²) in [5.74, 6) is -0.130. The molecule has 0 bridgehead atoms. The van der Waals surface area contributed by atoms with E-state index in [0.717, 1.165) is 19.3 Å². The molecule has 1 aliphatic rings. The van der Waals surface area contributed by atoms with E-state index in [2.05, 4.69) is 0 Å². The number of carbonyl (C=O) groups is 1. The van der Waals surface area contributed by atoms with Crippen LogP contribution in [0.2, 0.25) is 0 Å². The van der Waals surface area contributed by atoms with Crippen LogP contribution in [0.5, 0.6) is 0 Å². The topological polar surface area (TPSA) is 52.3 Å². The summed E-state index contributed by atoms with van der Waals surface area (Å²) in [7, 11) is 0. The Labute approximate surface area is 79.1 Å². The van der Waals surface area contributed by atoms with E-state index in [0.29, 0.717) is 13.0 Å². The molecule has 0 aromatic heterocycles. The van der Waals surface area contributed by atoms with Crippen molar-refractivity contribution in [1.29, 1.82) is 0 Å². The first-order chi connectivity index (χ1) is 5.16. The van der Waals surface area contributed by atoms with Crippen LogP contribution in [0.1, 0.15) is 32.6 Å². The summed E-state index contributed by atoms with van der Waals surface area (Å²) in [6, 6.07) is 0. The van der Waals surface area contributed by atoms with Crippen molar-refractivity contribution in [3.8, 4) is 0 Å². The minimum atomic E-state index is -0.130. The van der Waals surface area contributed by atoms with Gasteiger partial charge in [0.1, 0.15) is 0 Å². The molecule has 0 amide bonds. The standard InChI is InChI=1S/C8H15NO2.ClH/c1-2-7(10)11-6-5-8(9)3-4-8;/h2-6,9H2,1H3;1H. The van der Waals surface area contributed by atoms with Gasteiger partial charge < -0.3 is 10.5 Å². The van der Waals surface area contributed by atoms with Gasteiger partial charge in [0.2, 0.25) is 0 Å². The van der Waals surface area contributed by atoms with Crippen molar-refractivity contribution in [1.82, 2.24) is 0 Å². The maximum absolute atomic E-state index is 10.7. The Bertz CT molecular complexity index is 157. The number of ether oxygens (including phenoxy) is 1. The van der Waals surface area contributed by atoms with Crippen LogP contribution in [0.25, 0.3) is 0 Å². The molecular formula is C8H16ClNO2. The summed E-state index contributed by atoms with van der Waals surface area (Å²) < 4.78 is 4.89. The maximum atomic E-state index is 10.7. The Morgan fingerprint density at radius 2 is 2.17 bits per heavy atom. The van der Waals surface area contributed by atoms with Crippen molar-refractivity contribution in [3.63, 3.8) is 0 Å². The molecule has 4 heteroatoms. The van der Waals surface area contributed by atoms with Crippen molar-refractivity contribution >= 4 is 18.4 Å². The second-order valence-corrected chi connectivity index (χ2v) is 3.19. The number of carbonyl (C=O) groups excluding carboxylic acids is 1. The van der Waals surface area contributed by atoms with Gasteiger partial charge in [-0.1, -0.05) is 6.92 Å². The molecule has 3 nitrogen and oxygen atoms in total. The molecule has 2 N–H and O–H groups in total. The second-order valence-electron chi connectivity index (χ2n) is 3.19. The van der Waals surface area contributed by atoms with Gasteiger partial charge in [-0.15, -0.1) is 12.4 Å². The molecule has 1 saturated carbocycles. The Balaban J connectivity index is 0.00000121. The molecule has 12 heavy (non-hydrogen) atoms. The van der Waals surface area contributed by atoms with E-state index in [4.69, 9.17) is 10.5 Å². The molecule has 0 atom stereocenters. The molecule has 0 unspecified atom stereocenters. The maximum Gasteiger partial charge on any atom is 0.305 e. The van der Waals surface area contributed by atoms with E-state index in [9.17, 15) is 4.79 Å². The first-order valence-corrected chi connectivity index (χ1v) is 4.11. The average Bonchev–Trinajstić information content (AvgIpc) is 2.68. The van der Waals surface area contributed by atoms with Gasteiger partial charge in [-0.25, -0.2) is 0 Å². The van der Waals surface area contributed by atoms with E-state index in [-0.39, 0.29) is 23.9 Å². The Kier molecular flexibility index (Phi) is 4.57. The Hall–Kier alpha value is -0.280. The van der Waals surface area contributed by atoms with Gasteiger partial charge in [0.25, 0.3) is 0 Å². The zero-order valence-corrected chi connectivity index (χ0v) is 8.15. The van der Waals surface area contributed by atoms with Crippen LogP contribution < -0.4 is 5.73 Å². The summed E-state index contributed by atoms with van der Waals surface area (Å²) in [5.41, 5.74) is 5.79. The van der Waals surface area contributed by atoms with Crippen LogP contribution in [0, 0.1) is 0 Å².